The van der Waals surface area contributed by atoms with Crippen molar-refractivity contribution in [1.29, 1.82) is 0 Å². The van der Waals surface area contributed by atoms with Gasteiger partial charge in [-0.2, -0.15) is 0 Å². The van der Waals surface area contributed by atoms with Crippen LogP contribution in [0.2, 0.25) is 0 Å². The molecule has 1 amide bonds. The number of nitrogens with zero attached hydrogens (tertiary/aromatic N) is 3. The Hall–Kier alpha value is -2.38. The fourth-order valence-electron chi connectivity index (χ4n) is 3.88. The summed E-state index contributed by atoms with van der Waals surface area (Å²) >= 11 is 0. The van der Waals surface area contributed by atoms with Crippen molar-refractivity contribution in [2.24, 2.45) is 0 Å². The summed E-state index contributed by atoms with van der Waals surface area (Å²) in [4.78, 5) is 21.4. The maximum Gasteiger partial charge on any atom is 0.223 e. The second-order valence-corrected chi connectivity index (χ2v) is 7.57. The van der Waals surface area contributed by atoms with Crippen LogP contribution < -0.4 is 4.74 Å². The summed E-state index contributed by atoms with van der Waals surface area (Å²) < 4.78 is 16.2. The quantitative estimate of drug-likeness (QED) is 0.678. The van der Waals surface area contributed by atoms with E-state index in [1.807, 2.05) is 29.2 Å². The Balaban J connectivity index is 1.52. The Morgan fingerprint density at radius 3 is 2.48 bits per heavy atom. The van der Waals surface area contributed by atoms with Gasteiger partial charge >= 0.3 is 0 Å². The van der Waals surface area contributed by atoms with Crippen molar-refractivity contribution >= 4 is 5.91 Å². The maximum atomic E-state index is 12.7. The largest absolute Gasteiger partial charge is 0.497 e. The number of rotatable bonds is 8. The molecule has 7 heteroatoms. The lowest BCUT2D eigenvalue weighted by Gasteiger charge is -2.44. The first kappa shape index (κ1) is 21.3. The number of aryl methyl sites for hydroxylation is 1. The molecule has 1 aromatic carbocycles. The van der Waals surface area contributed by atoms with Gasteiger partial charge in [-0.05, 0) is 38.1 Å². The topological polar surface area (TPSA) is 68.0 Å². The number of carbonyl (C=O) groups is 1. The second kappa shape index (κ2) is 9.89. The summed E-state index contributed by atoms with van der Waals surface area (Å²) in [6.45, 7) is 7.43. The third-order valence-electron chi connectivity index (χ3n) is 5.49. The van der Waals surface area contributed by atoms with Crippen LogP contribution in [0.3, 0.4) is 0 Å². The van der Waals surface area contributed by atoms with Gasteiger partial charge in [0, 0.05) is 57.2 Å². The van der Waals surface area contributed by atoms with E-state index < -0.39 is 0 Å². The molecule has 1 saturated heterocycles. The van der Waals surface area contributed by atoms with E-state index in [4.69, 9.17) is 13.9 Å². The number of piperazine rings is 1. The molecule has 1 aliphatic rings. The first-order valence-corrected chi connectivity index (χ1v) is 10.1. The van der Waals surface area contributed by atoms with Gasteiger partial charge < -0.3 is 18.8 Å². The van der Waals surface area contributed by atoms with Gasteiger partial charge in [0.1, 0.15) is 5.75 Å². The zero-order valence-electron chi connectivity index (χ0n) is 17.8. The number of methoxy groups -OCH3 is 2. The highest BCUT2D eigenvalue weighted by molar-refractivity contribution is 5.76. The monoisotopic (exact) mass is 401 g/mol. The number of hydrogen-bond donors (Lipinski definition) is 0. The number of aromatic nitrogens is 1. The van der Waals surface area contributed by atoms with Gasteiger partial charge in [-0.15, -0.1) is 0 Å². The Morgan fingerprint density at radius 1 is 1.17 bits per heavy atom. The van der Waals surface area contributed by atoms with Gasteiger partial charge in [-0.1, -0.05) is 0 Å². The van der Waals surface area contributed by atoms with E-state index in [0.29, 0.717) is 43.2 Å². The number of amides is 1. The summed E-state index contributed by atoms with van der Waals surface area (Å²) in [5, 5.41) is 0. The molecule has 0 bridgehead atoms. The lowest BCUT2D eigenvalue weighted by atomic mass is 10.1. The summed E-state index contributed by atoms with van der Waals surface area (Å²) in [5.74, 6) is 2.23. The third kappa shape index (κ3) is 5.36. The van der Waals surface area contributed by atoms with Crippen molar-refractivity contribution in [2.75, 3.05) is 40.5 Å². The number of carbonyl (C=O) groups excluding carboxylic acids is 1. The van der Waals surface area contributed by atoms with Gasteiger partial charge in [0.05, 0.1) is 19.9 Å². The Morgan fingerprint density at radius 2 is 1.86 bits per heavy atom. The van der Waals surface area contributed by atoms with Gasteiger partial charge in [-0.25, -0.2) is 4.98 Å². The van der Waals surface area contributed by atoms with Crippen LogP contribution in [-0.2, 0) is 16.0 Å². The van der Waals surface area contributed by atoms with Crippen molar-refractivity contribution in [3.8, 4) is 17.1 Å². The first-order chi connectivity index (χ1) is 14.0. The Labute approximate surface area is 172 Å². The lowest BCUT2D eigenvalue weighted by molar-refractivity contribution is -0.135. The zero-order chi connectivity index (χ0) is 20.8. The molecule has 7 nitrogen and oxygen atoms in total. The number of hydrogen-bond acceptors (Lipinski definition) is 6. The normalized spacial score (nSPS) is 20.1. The highest BCUT2D eigenvalue weighted by Crippen LogP contribution is 2.24. The van der Waals surface area contributed by atoms with Crippen molar-refractivity contribution < 1.29 is 18.7 Å². The highest BCUT2D eigenvalue weighted by atomic mass is 16.5. The molecule has 3 rings (SSSR count). The summed E-state index contributed by atoms with van der Waals surface area (Å²) in [7, 11) is 3.36. The van der Waals surface area contributed by atoms with Crippen LogP contribution in [0.5, 0.6) is 5.75 Å². The maximum absolute atomic E-state index is 12.7. The molecule has 0 N–H and O–H groups in total. The second-order valence-electron chi connectivity index (χ2n) is 7.57. The van der Waals surface area contributed by atoms with E-state index in [2.05, 4.69) is 23.7 Å². The van der Waals surface area contributed by atoms with Gasteiger partial charge in [0.15, 0.2) is 11.7 Å². The standard InChI is InChI=1S/C22H31N3O4/c1-16-14-24(15-17(2)25(16)11-12-27-3)22(26)10-9-21-23-13-20(29-21)18-5-7-19(28-4)8-6-18/h5-8,13,16-17H,9-12,14-15H2,1-4H3/t16-,17-/m0/s1. The summed E-state index contributed by atoms with van der Waals surface area (Å²) in [5.41, 5.74) is 0.936. The smallest absolute Gasteiger partial charge is 0.223 e. The van der Waals surface area contributed by atoms with Crippen LogP contribution in [0, 0.1) is 0 Å². The fourth-order valence-corrected chi connectivity index (χ4v) is 3.88. The third-order valence-corrected chi connectivity index (χ3v) is 5.49. The average molecular weight is 402 g/mol. The molecular formula is C22H31N3O4. The molecule has 1 aromatic heterocycles. The van der Waals surface area contributed by atoms with Crippen LogP contribution in [0.4, 0.5) is 0 Å². The van der Waals surface area contributed by atoms with Gasteiger partial charge in [0.2, 0.25) is 5.91 Å². The summed E-state index contributed by atoms with van der Waals surface area (Å²) in [6.07, 6.45) is 2.61. The minimum atomic E-state index is 0.152. The van der Waals surface area contributed by atoms with Crippen LogP contribution in [-0.4, -0.2) is 73.2 Å². The van der Waals surface area contributed by atoms with Crippen LogP contribution >= 0.6 is 0 Å². The van der Waals surface area contributed by atoms with E-state index in [0.717, 1.165) is 30.9 Å². The number of oxazole rings is 1. The van der Waals surface area contributed by atoms with E-state index in [-0.39, 0.29) is 5.91 Å². The van der Waals surface area contributed by atoms with Crippen molar-refractivity contribution in [2.45, 2.75) is 38.8 Å². The molecule has 0 aliphatic carbocycles. The molecular weight excluding hydrogens is 370 g/mol. The molecule has 0 unspecified atom stereocenters. The average Bonchev–Trinajstić information content (AvgIpc) is 3.20. The molecule has 2 atom stereocenters. The minimum absolute atomic E-state index is 0.152. The molecule has 2 heterocycles. The van der Waals surface area contributed by atoms with Crippen LogP contribution in [0.15, 0.2) is 34.9 Å². The lowest BCUT2D eigenvalue weighted by Crippen LogP contribution is -2.58. The van der Waals surface area contributed by atoms with E-state index in [9.17, 15) is 4.79 Å². The van der Waals surface area contributed by atoms with Crippen molar-refractivity contribution in [1.82, 2.24) is 14.8 Å². The highest BCUT2D eigenvalue weighted by Gasteiger charge is 2.31. The predicted octanol–water partition coefficient (Wildman–Crippen LogP) is 2.85. The Kier molecular flexibility index (Phi) is 7.28. The van der Waals surface area contributed by atoms with E-state index in [1.54, 1.807) is 20.4 Å². The van der Waals surface area contributed by atoms with Crippen molar-refractivity contribution in [3.63, 3.8) is 0 Å². The molecule has 29 heavy (non-hydrogen) atoms. The molecule has 2 aromatic rings. The minimum Gasteiger partial charge on any atom is -0.497 e. The fraction of sp³-hybridized carbons (Fsp3) is 0.545. The van der Waals surface area contributed by atoms with Gasteiger partial charge in [0.25, 0.3) is 0 Å². The molecule has 0 radical (unpaired) electrons. The van der Waals surface area contributed by atoms with Gasteiger partial charge in [-0.3, -0.25) is 9.69 Å². The van der Waals surface area contributed by atoms with E-state index in [1.165, 1.54) is 0 Å². The first-order valence-electron chi connectivity index (χ1n) is 10.1. The van der Waals surface area contributed by atoms with E-state index >= 15 is 0 Å². The molecule has 158 valence electrons. The Bertz CT molecular complexity index is 778. The SMILES string of the molecule is COCCN1[C@@H](C)CN(C(=O)CCc2ncc(-c3ccc(OC)cc3)o2)C[C@@H]1C. The zero-order valence-corrected chi connectivity index (χ0v) is 17.8. The molecule has 0 spiro atoms. The summed E-state index contributed by atoms with van der Waals surface area (Å²) in [6, 6.07) is 8.27. The van der Waals surface area contributed by atoms with Crippen molar-refractivity contribution in [3.05, 3.63) is 36.4 Å². The molecule has 1 fully saturated rings. The molecule has 0 saturated carbocycles. The molecule has 1 aliphatic heterocycles. The number of benzene rings is 1. The predicted molar refractivity (Wildman–Crippen MR) is 111 cm³/mol. The number of ether oxygens (including phenoxy) is 2. The van der Waals surface area contributed by atoms with Crippen LogP contribution in [0.1, 0.15) is 26.2 Å². The van der Waals surface area contributed by atoms with Crippen LogP contribution in [0.25, 0.3) is 11.3 Å².